The Balaban J connectivity index is 2.50. The SMILES string of the molecule is CCN1CCC(C)(N(C)C)C1. The Labute approximate surface area is 70.2 Å². The maximum Gasteiger partial charge on any atom is 0.0314 e. The van der Waals surface area contributed by atoms with Gasteiger partial charge in [-0.2, -0.15) is 0 Å². The molecule has 1 aliphatic rings. The van der Waals surface area contributed by atoms with Crippen LogP contribution < -0.4 is 0 Å². The lowest BCUT2D eigenvalue weighted by molar-refractivity contribution is 0.175. The van der Waals surface area contributed by atoms with E-state index < -0.39 is 0 Å². The minimum absolute atomic E-state index is 0.427. The van der Waals surface area contributed by atoms with Gasteiger partial charge >= 0.3 is 0 Å². The lowest BCUT2D eigenvalue weighted by Gasteiger charge is -2.32. The molecule has 0 bridgehead atoms. The van der Waals surface area contributed by atoms with Crippen molar-refractivity contribution in [2.75, 3.05) is 33.7 Å². The minimum atomic E-state index is 0.427. The molecule has 0 saturated carbocycles. The van der Waals surface area contributed by atoms with Crippen molar-refractivity contribution >= 4 is 0 Å². The van der Waals surface area contributed by atoms with Gasteiger partial charge in [0.2, 0.25) is 0 Å². The van der Waals surface area contributed by atoms with Crippen molar-refractivity contribution in [2.24, 2.45) is 0 Å². The standard InChI is InChI=1S/C9H20N2/c1-5-11-7-6-9(2,8-11)10(3)4/h5-8H2,1-4H3. The van der Waals surface area contributed by atoms with Crippen molar-refractivity contribution in [3.05, 3.63) is 0 Å². The van der Waals surface area contributed by atoms with Gasteiger partial charge in [-0.1, -0.05) is 6.92 Å². The fraction of sp³-hybridized carbons (Fsp3) is 1.00. The first kappa shape index (κ1) is 9.01. The Kier molecular flexibility index (Phi) is 2.55. The van der Waals surface area contributed by atoms with E-state index in [4.69, 9.17) is 0 Å². The monoisotopic (exact) mass is 156 g/mol. The second kappa shape index (κ2) is 3.11. The van der Waals surface area contributed by atoms with Crippen LogP contribution in [0.5, 0.6) is 0 Å². The van der Waals surface area contributed by atoms with Gasteiger partial charge in [-0.15, -0.1) is 0 Å². The summed E-state index contributed by atoms with van der Waals surface area (Å²) in [6.45, 7) is 8.29. The summed E-state index contributed by atoms with van der Waals surface area (Å²) in [6, 6.07) is 0. The van der Waals surface area contributed by atoms with E-state index in [1.165, 1.54) is 26.1 Å². The van der Waals surface area contributed by atoms with E-state index >= 15 is 0 Å². The highest BCUT2D eigenvalue weighted by Crippen LogP contribution is 2.24. The molecule has 1 aliphatic heterocycles. The van der Waals surface area contributed by atoms with Gasteiger partial charge in [0.1, 0.15) is 0 Å². The molecule has 1 fully saturated rings. The Morgan fingerprint density at radius 3 is 2.36 bits per heavy atom. The highest BCUT2D eigenvalue weighted by atomic mass is 15.3. The normalized spacial score (nSPS) is 33.5. The zero-order valence-electron chi connectivity index (χ0n) is 8.22. The van der Waals surface area contributed by atoms with E-state index in [2.05, 4.69) is 37.7 Å². The molecule has 0 aliphatic carbocycles. The minimum Gasteiger partial charge on any atom is -0.303 e. The molecule has 11 heavy (non-hydrogen) atoms. The van der Waals surface area contributed by atoms with Crippen molar-refractivity contribution in [2.45, 2.75) is 25.8 Å². The number of rotatable bonds is 2. The molecule has 0 amide bonds. The number of nitrogens with zero attached hydrogens (tertiary/aromatic N) is 2. The van der Waals surface area contributed by atoms with E-state index in [1.807, 2.05) is 0 Å². The van der Waals surface area contributed by atoms with Crippen molar-refractivity contribution < 1.29 is 0 Å². The van der Waals surface area contributed by atoms with E-state index in [-0.39, 0.29) is 0 Å². The Morgan fingerprint density at radius 2 is 2.09 bits per heavy atom. The molecule has 1 saturated heterocycles. The molecule has 0 aromatic heterocycles. The molecule has 1 unspecified atom stereocenters. The van der Waals surface area contributed by atoms with Gasteiger partial charge in [0.05, 0.1) is 0 Å². The molecule has 0 aromatic rings. The summed E-state index contributed by atoms with van der Waals surface area (Å²) in [5, 5.41) is 0. The summed E-state index contributed by atoms with van der Waals surface area (Å²) in [5.74, 6) is 0. The quantitative estimate of drug-likeness (QED) is 0.589. The molecule has 2 nitrogen and oxygen atoms in total. The summed E-state index contributed by atoms with van der Waals surface area (Å²) in [7, 11) is 4.36. The van der Waals surface area contributed by atoms with Crippen LogP contribution in [0.25, 0.3) is 0 Å². The van der Waals surface area contributed by atoms with Gasteiger partial charge in [0.25, 0.3) is 0 Å². The summed E-state index contributed by atoms with van der Waals surface area (Å²) in [6.07, 6.45) is 1.31. The van der Waals surface area contributed by atoms with Crippen molar-refractivity contribution in [1.82, 2.24) is 9.80 Å². The van der Waals surface area contributed by atoms with Gasteiger partial charge in [-0.3, -0.25) is 0 Å². The third kappa shape index (κ3) is 1.74. The second-order valence-corrected chi connectivity index (χ2v) is 4.01. The highest BCUT2D eigenvalue weighted by Gasteiger charge is 2.34. The Bertz CT molecular complexity index is 134. The van der Waals surface area contributed by atoms with Crippen LogP contribution in [0.4, 0.5) is 0 Å². The van der Waals surface area contributed by atoms with Crippen LogP contribution >= 0.6 is 0 Å². The summed E-state index contributed by atoms with van der Waals surface area (Å²) < 4.78 is 0. The van der Waals surface area contributed by atoms with E-state index in [1.54, 1.807) is 0 Å². The molecule has 1 atom stereocenters. The lowest BCUT2D eigenvalue weighted by atomic mass is 10.0. The summed E-state index contributed by atoms with van der Waals surface area (Å²) in [5.41, 5.74) is 0.427. The maximum atomic E-state index is 2.51. The van der Waals surface area contributed by atoms with Gasteiger partial charge in [0, 0.05) is 12.1 Å². The molecule has 2 heteroatoms. The molecular formula is C9H20N2. The van der Waals surface area contributed by atoms with Gasteiger partial charge < -0.3 is 9.80 Å². The average Bonchev–Trinajstić information content (AvgIpc) is 2.33. The molecule has 0 radical (unpaired) electrons. The first-order valence-electron chi connectivity index (χ1n) is 4.48. The fourth-order valence-electron chi connectivity index (χ4n) is 1.67. The molecule has 0 N–H and O–H groups in total. The van der Waals surface area contributed by atoms with Crippen LogP contribution in [0.3, 0.4) is 0 Å². The van der Waals surface area contributed by atoms with Crippen LogP contribution in [-0.4, -0.2) is 49.1 Å². The zero-order valence-corrected chi connectivity index (χ0v) is 8.22. The Hall–Kier alpha value is -0.0800. The number of likely N-dealkylation sites (tertiary alicyclic amines) is 1. The smallest absolute Gasteiger partial charge is 0.0314 e. The van der Waals surface area contributed by atoms with E-state index in [9.17, 15) is 0 Å². The zero-order chi connectivity index (χ0) is 8.48. The van der Waals surface area contributed by atoms with Crippen molar-refractivity contribution in [1.29, 1.82) is 0 Å². The molecule has 0 spiro atoms. The fourth-order valence-corrected chi connectivity index (χ4v) is 1.67. The van der Waals surface area contributed by atoms with Crippen LogP contribution in [0.1, 0.15) is 20.3 Å². The van der Waals surface area contributed by atoms with Gasteiger partial charge in [0.15, 0.2) is 0 Å². The number of hydrogen-bond acceptors (Lipinski definition) is 2. The third-order valence-corrected chi connectivity index (χ3v) is 3.06. The molecule has 66 valence electrons. The molecule has 0 aromatic carbocycles. The van der Waals surface area contributed by atoms with Crippen molar-refractivity contribution in [3.63, 3.8) is 0 Å². The first-order valence-corrected chi connectivity index (χ1v) is 4.48. The topological polar surface area (TPSA) is 6.48 Å². The molecule has 1 heterocycles. The van der Waals surface area contributed by atoms with Crippen LogP contribution in [0.2, 0.25) is 0 Å². The predicted octanol–water partition coefficient (Wildman–Crippen LogP) is 1.03. The second-order valence-electron chi connectivity index (χ2n) is 4.01. The predicted molar refractivity (Wildman–Crippen MR) is 48.8 cm³/mol. The highest BCUT2D eigenvalue weighted by molar-refractivity contribution is 4.92. The maximum absolute atomic E-state index is 2.51. The van der Waals surface area contributed by atoms with Crippen molar-refractivity contribution in [3.8, 4) is 0 Å². The molecular weight excluding hydrogens is 136 g/mol. The third-order valence-electron chi connectivity index (χ3n) is 3.06. The van der Waals surface area contributed by atoms with Gasteiger partial charge in [-0.25, -0.2) is 0 Å². The molecule has 1 rings (SSSR count). The van der Waals surface area contributed by atoms with E-state index in [0.717, 1.165) is 0 Å². The van der Waals surface area contributed by atoms with E-state index in [0.29, 0.717) is 5.54 Å². The average molecular weight is 156 g/mol. The summed E-state index contributed by atoms with van der Waals surface area (Å²) >= 11 is 0. The Morgan fingerprint density at radius 1 is 1.45 bits per heavy atom. The largest absolute Gasteiger partial charge is 0.303 e. The van der Waals surface area contributed by atoms with Crippen LogP contribution in [-0.2, 0) is 0 Å². The lowest BCUT2D eigenvalue weighted by Crippen LogP contribution is -2.43. The van der Waals surface area contributed by atoms with Crippen LogP contribution in [0.15, 0.2) is 0 Å². The first-order chi connectivity index (χ1) is 5.08. The summed E-state index contributed by atoms with van der Waals surface area (Å²) in [4.78, 5) is 4.86. The number of likely N-dealkylation sites (N-methyl/N-ethyl adjacent to an activating group) is 2. The van der Waals surface area contributed by atoms with Crippen LogP contribution in [0, 0.1) is 0 Å². The number of hydrogen-bond donors (Lipinski definition) is 0. The van der Waals surface area contributed by atoms with Gasteiger partial charge in [-0.05, 0) is 40.5 Å².